The van der Waals surface area contributed by atoms with Crippen LogP contribution in [-0.2, 0) is 4.79 Å². The number of halogens is 1. The first-order chi connectivity index (χ1) is 6.09. The average Bonchev–Trinajstić information content (AvgIpc) is 2.06. The largest absolute Gasteiger partial charge is 0.480 e. The molecule has 0 aliphatic carbocycles. The minimum Gasteiger partial charge on any atom is -0.480 e. The number of carboxylic acid groups (broad SMARTS) is 1. The molecule has 0 aromatic heterocycles. The monoisotopic (exact) mass is 201 g/mol. The third-order valence-electron chi connectivity index (χ3n) is 1.33. The molecular weight excluding hydrogens is 194 g/mol. The van der Waals surface area contributed by atoms with Gasteiger partial charge in [0.15, 0.2) is 6.61 Å². The SMILES string of the molecule is Nc1ccc(Cl)cc1OCC(=O)O. The molecule has 0 fully saturated rings. The molecule has 3 N–H and O–H groups in total. The van der Waals surface area contributed by atoms with Crippen LogP contribution in [0.4, 0.5) is 5.69 Å². The van der Waals surface area contributed by atoms with Crippen molar-refractivity contribution in [3.63, 3.8) is 0 Å². The quantitative estimate of drug-likeness (QED) is 0.725. The van der Waals surface area contributed by atoms with Gasteiger partial charge in [-0.05, 0) is 12.1 Å². The molecular formula is C8H8ClNO3. The summed E-state index contributed by atoms with van der Waals surface area (Å²) in [6.45, 7) is -0.426. The maximum absolute atomic E-state index is 10.2. The number of ether oxygens (including phenoxy) is 1. The Bertz CT molecular complexity index is 327. The first-order valence-electron chi connectivity index (χ1n) is 3.49. The van der Waals surface area contributed by atoms with Crippen LogP contribution in [0.25, 0.3) is 0 Å². The normalized spacial score (nSPS) is 9.62. The predicted molar refractivity (Wildman–Crippen MR) is 49.0 cm³/mol. The molecule has 1 aromatic rings. The summed E-state index contributed by atoms with van der Waals surface area (Å²) in [5, 5.41) is 8.79. The van der Waals surface area contributed by atoms with Gasteiger partial charge in [0.25, 0.3) is 0 Å². The van der Waals surface area contributed by atoms with Gasteiger partial charge < -0.3 is 15.6 Å². The van der Waals surface area contributed by atoms with Gasteiger partial charge >= 0.3 is 5.97 Å². The van der Waals surface area contributed by atoms with Crippen molar-refractivity contribution in [1.82, 2.24) is 0 Å². The molecule has 5 heteroatoms. The summed E-state index contributed by atoms with van der Waals surface area (Å²) in [6, 6.07) is 4.63. The van der Waals surface area contributed by atoms with Crippen molar-refractivity contribution in [2.45, 2.75) is 0 Å². The summed E-state index contributed by atoms with van der Waals surface area (Å²) < 4.78 is 4.87. The van der Waals surface area contributed by atoms with E-state index in [9.17, 15) is 4.79 Å². The van der Waals surface area contributed by atoms with Crippen molar-refractivity contribution in [1.29, 1.82) is 0 Å². The van der Waals surface area contributed by atoms with E-state index in [0.29, 0.717) is 10.7 Å². The van der Waals surface area contributed by atoms with Gasteiger partial charge in [0.1, 0.15) is 5.75 Å². The molecule has 0 bridgehead atoms. The molecule has 0 saturated carbocycles. The van der Waals surface area contributed by atoms with Crippen LogP contribution in [-0.4, -0.2) is 17.7 Å². The van der Waals surface area contributed by atoms with E-state index in [4.69, 9.17) is 27.2 Å². The Balaban J connectivity index is 2.75. The van der Waals surface area contributed by atoms with Gasteiger partial charge in [0.2, 0.25) is 0 Å². The van der Waals surface area contributed by atoms with E-state index < -0.39 is 12.6 Å². The van der Waals surface area contributed by atoms with E-state index in [1.54, 1.807) is 12.1 Å². The van der Waals surface area contributed by atoms with Crippen LogP contribution in [0.3, 0.4) is 0 Å². The maximum Gasteiger partial charge on any atom is 0.341 e. The van der Waals surface area contributed by atoms with E-state index in [0.717, 1.165) is 0 Å². The minimum absolute atomic E-state index is 0.287. The zero-order chi connectivity index (χ0) is 9.84. The van der Waals surface area contributed by atoms with Gasteiger partial charge in [0, 0.05) is 11.1 Å². The van der Waals surface area contributed by atoms with Gasteiger partial charge in [-0.25, -0.2) is 4.79 Å². The molecule has 0 aliphatic heterocycles. The van der Waals surface area contributed by atoms with Gasteiger partial charge in [-0.2, -0.15) is 0 Å². The number of hydrogen-bond donors (Lipinski definition) is 2. The molecule has 70 valence electrons. The molecule has 0 amide bonds. The fraction of sp³-hybridized carbons (Fsp3) is 0.125. The molecule has 0 spiro atoms. The van der Waals surface area contributed by atoms with Gasteiger partial charge in [0.05, 0.1) is 5.69 Å². The van der Waals surface area contributed by atoms with Crippen LogP contribution >= 0.6 is 11.6 Å². The van der Waals surface area contributed by atoms with Crippen LogP contribution in [0.5, 0.6) is 5.75 Å². The van der Waals surface area contributed by atoms with Crippen molar-refractivity contribution in [2.24, 2.45) is 0 Å². The fourth-order valence-electron chi connectivity index (χ4n) is 0.773. The summed E-state index contributed by atoms with van der Waals surface area (Å²) in [5.41, 5.74) is 5.87. The van der Waals surface area contributed by atoms with Crippen molar-refractivity contribution < 1.29 is 14.6 Å². The molecule has 1 aromatic carbocycles. The topological polar surface area (TPSA) is 72.5 Å². The third-order valence-corrected chi connectivity index (χ3v) is 1.56. The molecule has 0 saturated heterocycles. The Morgan fingerprint density at radius 2 is 2.31 bits per heavy atom. The van der Waals surface area contributed by atoms with Crippen LogP contribution in [0.15, 0.2) is 18.2 Å². The molecule has 1 rings (SSSR count). The number of carboxylic acids is 1. The van der Waals surface area contributed by atoms with E-state index in [1.807, 2.05) is 0 Å². The lowest BCUT2D eigenvalue weighted by Gasteiger charge is -2.06. The number of rotatable bonds is 3. The number of anilines is 1. The van der Waals surface area contributed by atoms with Crippen LogP contribution in [0.2, 0.25) is 5.02 Å². The van der Waals surface area contributed by atoms with Crippen molar-refractivity contribution in [2.75, 3.05) is 12.3 Å². The third kappa shape index (κ3) is 2.83. The lowest BCUT2D eigenvalue weighted by molar-refractivity contribution is -0.139. The molecule has 13 heavy (non-hydrogen) atoms. The first-order valence-corrected chi connectivity index (χ1v) is 3.87. The molecule has 0 radical (unpaired) electrons. The summed E-state index contributed by atoms with van der Waals surface area (Å²) in [5.74, 6) is -0.769. The molecule has 0 unspecified atom stereocenters. The molecule has 0 atom stereocenters. The second-order valence-corrected chi connectivity index (χ2v) is 2.80. The van der Waals surface area contributed by atoms with Crippen LogP contribution in [0.1, 0.15) is 0 Å². The van der Waals surface area contributed by atoms with Crippen molar-refractivity contribution >= 4 is 23.3 Å². The van der Waals surface area contributed by atoms with E-state index in [1.165, 1.54) is 6.07 Å². The highest BCUT2D eigenvalue weighted by Gasteiger charge is 2.03. The summed E-state index contributed by atoms with van der Waals surface area (Å²) in [4.78, 5) is 10.2. The summed E-state index contributed by atoms with van der Waals surface area (Å²) in [7, 11) is 0. The zero-order valence-electron chi connectivity index (χ0n) is 6.66. The maximum atomic E-state index is 10.2. The first kappa shape index (κ1) is 9.67. The molecule has 0 heterocycles. The van der Waals surface area contributed by atoms with Crippen molar-refractivity contribution in [3.05, 3.63) is 23.2 Å². The molecule has 4 nitrogen and oxygen atoms in total. The van der Waals surface area contributed by atoms with Crippen LogP contribution in [0, 0.1) is 0 Å². The Morgan fingerprint density at radius 3 is 2.92 bits per heavy atom. The number of benzene rings is 1. The van der Waals surface area contributed by atoms with Gasteiger partial charge in [-0.1, -0.05) is 11.6 Å². The zero-order valence-corrected chi connectivity index (χ0v) is 7.41. The van der Waals surface area contributed by atoms with Gasteiger partial charge in [-0.15, -0.1) is 0 Å². The summed E-state index contributed by atoms with van der Waals surface area (Å²) >= 11 is 5.65. The van der Waals surface area contributed by atoms with E-state index in [-0.39, 0.29) is 5.75 Å². The van der Waals surface area contributed by atoms with E-state index >= 15 is 0 Å². The highest BCUT2D eigenvalue weighted by molar-refractivity contribution is 6.30. The molecule has 0 aliphatic rings. The lowest BCUT2D eigenvalue weighted by Crippen LogP contribution is -2.10. The Kier molecular flexibility index (Phi) is 2.97. The smallest absolute Gasteiger partial charge is 0.341 e. The minimum atomic E-state index is -1.06. The predicted octanol–water partition coefficient (Wildman–Crippen LogP) is 1.39. The Labute approximate surface area is 79.9 Å². The highest BCUT2D eigenvalue weighted by atomic mass is 35.5. The number of nitrogens with two attached hydrogens (primary N) is 1. The lowest BCUT2D eigenvalue weighted by atomic mass is 10.3. The van der Waals surface area contributed by atoms with Crippen LogP contribution < -0.4 is 10.5 Å². The average molecular weight is 202 g/mol. The Morgan fingerprint density at radius 1 is 1.62 bits per heavy atom. The highest BCUT2D eigenvalue weighted by Crippen LogP contribution is 2.24. The standard InChI is InChI=1S/C8H8ClNO3/c9-5-1-2-6(10)7(3-5)13-4-8(11)12/h1-3H,4,10H2,(H,11,12). The van der Waals surface area contributed by atoms with Gasteiger partial charge in [-0.3, -0.25) is 0 Å². The number of nitrogen functional groups attached to an aromatic ring is 1. The Hall–Kier alpha value is -1.42. The second kappa shape index (κ2) is 4.00. The number of aliphatic carboxylic acids is 1. The van der Waals surface area contributed by atoms with E-state index in [2.05, 4.69) is 0 Å². The number of carbonyl (C=O) groups is 1. The van der Waals surface area contributed by atoms with Crippen molar-refractivity contribution in [3.8, 4) is 5.75 Å². The fourth-order valence-corrected chi connectivity index (χ4v) is 0.935. The number of hydrogen-bond acceptors (Lipinski definition) is 3. The summed E-state index contributed by atoms with van der Waals surface area (Å²) in [6.07, 6.45) is 0. The second-order valence-electron chi connectivity index (χ2n) is 2.36.